The van der Waals surface area contributed by atoms with E-state index >= 15 is 0 Å². The Hall–Kier alpha value is -3.79. The zero-order valence-corrected chi connectivity index (χ0v) is 14.0. The van der Waals surface area contributed by atoms with Gasteiger partial charge < -0.3 is 4.74 Å². The minimum Gasteiger partial charge on any atom is -0.497 e. The average Bonchev–Trinajstić information content (AvgIpc) is 3.11. The summed E-state index contributed by atoms with van der Waals surface area (Å²) in [6, 6.07) is 11.6. The van der Waals surface area contributed by atoms with Crippen molar-refractivity contribution in [3.05, 3.63) is 72.1 Å². The highest BCUT2D eigenvalue weighted by Gasteiger charge is 2.12. The Bertz CT molecular complexity index is 1110. The fourth-order valence-electron chi connectivity index (χ4n) is 2.70. The SMILES string of the molecule is COc1ccc(Cc2nc3c(-c4cncc(C#N)c4)nccn3n2)cc1. The first-order valence-corrected chi connectivity index (χ1v) is 7.95. The van der Waals surface area contributed by atoms with Crippen LogP contribution >= 0.6 is 0 Å². The molecule has 126 valence electrons. The number of rotatable bonds is 4. The third kappa shape index (κ3) is 2.96. The van der Waals surface area contributed by atoms with Crippen molar-refractivity contribution in [3.63, 3.8) is 0 Å². The highest BCUT2D eigenvalue weighted by molar-refractivity contribution is 5.73. The van der Waals surface area contributed by atoms with Crippen molar-refractivity contribution in [2.24, 2.45) is 0 Å². The normalized spacial score (nSPS) is 10.6. The van der Waals surface area contributed by atoms with Crippen LogP contribution in [-0.4, -0.2) is 31.7 Å². The molecule has 0 bridgehead atoms. The lowest BCUT2D eigenvalue weighted by Gasteiger charge is -2.01. The summed E-state index contributed by atoms with van der Waals surface area (Å²) in [5.41, 5.74) is 3.57. The Morgan fingerprint density at radius 3 is 2.81 bits per heavy atom. The summed E-state index contributed by atoms with van der Waals surface area (Å²) in [4.78, 5) is 13.1. The van der Waals surface area contributed by atoms with E-state index in [9.17, 15) is 0 Å². The molecular formula is C19H14N6O. The van der Waals surface area contributed by atoms with Crippen molar-refractivity contribution in [1.29, 1.82) is 5.26 Å². The van der Waals surface area contributed by atoms with Crippen LogP contribution in [0.4, 0.5) is 0 Å². The Labute approximate surface area is 149 Å². The molecule has 0 aliphatic heterocycles. The Balaban J connectivity index is 1.72. The second-order valence-electron chi connectivity index (χ2n) is 5.67. The van der Waals surface area contributed by atoms with Gasteiger partial charge in [0.2, 0.25) is 0 Å². The molecule has 1 aromatic carbocycles. The van der Waals surface area contributed by atoms with Crippen LogP contribution < -0.4 is 4.74 Å². The van der Waals surface area contributed by atoms with E-state index < -0.39 is 0 Å². The highest BCUT2D eigenvalue weighted by atomic mass is 16.5. The highest BCUT2D eigenvalue weighted by Crippen LogP contribution is 2.21. The van der Waals surface area contributed by atoms with Gasteiger partial charge in [0.15, 0.2) is 11.5 Å². The van der Waals surface area contributed by atoms with E-state index in [0.29, 0.717) is 29.1 Å². The molecule has 0 saturated carbocycles. The predicted octanol–water partition coefficient (Wildman–Crippen LogP) is 2.66. The van der Waals surface area contributed by atoms with Gasteiger partial charge in [0.25, 0.3) is 0 Å². The molecular weight excluding hydrogens is 328 g/mol. The van der Waals surface area contributed by atoms with Crippen molar-refractivity contribution in [1.82, 2.24) is 24.6 Å². The lowest BCUT2D eigenvalue weighted by atomic mass is 10.1. The van der Waals surface area contributed by atoms with Gasteiger partial charge in [0, 0.05) is 36.8 Å². The molecule has 0 N–H and O–H groups in total. The number of ether oxygens (including phenoxy) is 1. The first-order chi connectivity index (χ1) is 12.8. The molecule has 26 heavy (non-hydrogen) atoms. The van der Waals surface area contributed by atoms with Crippen LogP contribution in [-0.2, 0) is 6.42 Å². The molecule has 0 radical (unpaired) electrons. The standard InChI is InChI=1S/C19H14N6O/c1-26-16-4-2-13(3-5-16)9-17-23-19-18(22-6-7-25(19)24-17)15-8-14(10-20)11-21-12-15/h2-8,11-12H,9H2,1H3. The molecule has 0 saturated heterocycles. The van der Waals surface area contributed by atoms with Gasteiger partial charge in [-0.2, -0.15) is 10.4 Å². The second-order valence-corrected chi connectivity index (χ2v) is 5.67. The zero-order valence-electron chi connectivity index (χ0n) is 14.0. The zero-order chi connectivity index (χ0) is 17.9. The quantitative estimate of drug-likeness (QED) is 0.566. The maximum atomic E-state index is 9.08. The van der Waals surface area contributed by atoms with E-state index in [1.54, 1.807) is 36.3 Å². The molecule has 3 heterocycles. The number of methoxy groups -OCH3 is 1. The summed E-state index contributed by atoms with van der Waals surface area (Å²) >= 11 is 0. The van der Waals surface area contributed by atoms with Crippen LogP contribution in [0.5, 0.6) is 5.75 Å². The van der Waals surface area contributed by atoms with E-state index in [1.165, 1.54) is 6.20 Å². The number of fused-ring (bicyclic) bond motifs is 1. The summed E-state index contributed by atoms with van der Waals surface area (Å²) in [6.45, 7) is 0. The van der Waals surface area contributed by atoms with Gasteiger partial charge in [0.1, 0.15) is 17.5 Å². The monoisotopic (exact) mass is 342 g/mol. The van der Waals surface area contributed by atoms with Crippen LogP contribution in [0.2, 0.25) is 0 Å². The van der Waals surface area contributed by atoms with Gasteiger partial charge in [0.05, 0.1) is 12.7 Å². The molecule has 3 aromatic heterocycles. The molecule has 0 atom stereocenters. The van der Waals surface area contributed by atoms with Gasteiger partial charge in [-0.3, -0.25) is 9.97 Å². The van der Waals surface area contributed by atoms with Crippen molar-refractivity contribution in [2.75, 3.05) is 7.11 Å². The third-order valence-corrected chi connectivity index (χ3v) is 3.96. The van der Waals surface area contributed by atoms with Gasteiger partial charge in [-0.15, -0.1) is 0 Å². The number of hydrogen-bond acceptors (Lipinski definition) is 6. The summed E-state index contributed by atoms with van der Waals surface area (Å²) < 4.78 is 6.87. The van der Waals surface area contributed by atoms with Crippen molar-refractivity contribution < 1.29 is 4.74 Å². The number of pyridine rings is 1. The van der Waals surface area contributed by atoms with Crippen LogP contribution in [0.25, 0.3) is 16.9 Å². The summed E-state index contributed by atoms with van der Waals surface area (Å²) in [5, 5.41) is 13.6. The van der Waals surface area contributed by atoms with Crippen LogP contribution in [0.1, 0.15) is 17.0 Å². The molecule has 4 aromatic rings. The van der Waals surface area contributed by atoms with Crippen LogP contribution in [0, 0.1) is 11.3 Å². The van der Waals surface area contributed by atoms with Gasteiger partial charge in [-0.1, -0.05) is 12.1 Å². The van der Waals surface area contributed by atoms with Gasteiger partial charge >= 0.3 is 0 Å². The molecule has 7 heteroatoms. The number of nitriles is 1. The Morgan fingerprint density at radius 2 is 2.04 bits per heavy atom. The molecule has 4 rings (SSSR count). The first-order valence-electron chi connectivity index (χ1n) is 7.95. The van der Waals surface area contributed by atoms with Gasteiger partial charge in [-0.05, 0) is 23.8 Å². The molecule has 0 unspecified atom stereocenters. The number of nitrogens with zero attached hydrogens (tertiary/aromatic N) is 6. The van der Waals surface area contributed by atoms with E-state index in [1.807, 2.05) is 24.3 Å². The van der Waals surface area contributed by atoms with Crippen molar-refractivity contribution >= 4 is 5.65 Å². The molecule has 0 amide bonds. The van der Waals surface area contributed by atoms with E-state index in [-0.39, 0.29) is 0 Å². The largest absolute Gasteiger partial charge is 0.497 e. The maximum absolute atomic E-state index is 9.08. The Kier molecular flexibility index (Phi) is 4.00. The lowest BCUT2D eigenvalue weighted by molar-refractivity contribution is 0.414. The minimum absolute atomic E-state index is 0.476. The van der Waals surface area contributed by atoms with Crippen LogP contribution in [0.15, 0.2) is 55.1 Å². The topological polar surface area (TPSA) is 89.0 Å². The predicted molar refractivity (Wildman–Crippen MR) is 94.5 cm³/mol. The van der Waals surface area contributed by atoms with Crippen LogP contribution in [0.3, 0.4) is 0 Å². The molecule has 0 aliphatic carbocycles. The number of benzene rings is 1. The second kappa shape index (κ2) is 6.61. The van der Waals surface area contributed by atoms with Gasteiger partial charge in [-0.25, -0.2) is 9.50 Å². The van der Waals surface area contributed by atoms with E-state index in [0.717, 1.165) is 16.9 Å². The molecule has 7 nitrogen and oxygen atoms in total. The molecule has 0 spiro atoms. The summed E-state index contributed by atoms with van der Waals surface area (Å²) in [6.07, 6.45) is 7.20. The maximum Gasteiger partial charge on any atom is 0.182 e. The fraction of sp³-hybridized carbons (Fsp3) is 0.105. The van der Waals surface area contributed by atoms with E-state index in [2.05, 4.69) is 26.1 Å². The number of hydrogen-bond donors (Lipinski definition) is 0. The van der Waals surface area contributed by atoms with Crippen molar-refractivity contribution in [2.45, 2.75) is 6.42 Å². The number of aromatic nitrogens is 5. The average molecular weight is 342 g/mol. The third-order valence-electron chi connectivity index (χ3n) is 3.96. The first kappa shape index (κ1) is 15.7. The molecule has 0 fully saturated rings. The smallest absolute Gasteiger partial charge is 0.182 e. The molecule has 0 aliphatic rings. The summed E-state index contributed by atoms with van der Waals surface area (Å²) in [5.74, 6) is 1.50. The minimum atomic E-state index is 0.476. The fourth-order valence-corrected chi connectivity index (χ4v) is 2.70. The lowest BCUT2D eigenvalue weighted by Crippen LogP contribution is -1.94. The van der Waals surface area contributed by atoms with Crippen molar-refractivity contribution in [3.8, 4) is 23.1 Å². The Morgan fingerprint density at radius 1 is 1.19 bits per heavy atom. The van der Waals surface area contributed by atoms with E-state index in [4.69, 9.17) is 10.00 Å². The summed E-state index contributed by atoms with van der Waals surface area (Å²) in [7, 11) is 1.64.